The Labute approximate surface area is 164 Å². The lowest BCUT2D eigenvalue weighted by molar-refractivity contribution is -0.0512. The van der Waals surface area contributed by atoms with Crippen molar-refractivity contribution in [3.8, 4) is 11.5 Å². The molecular formula is C21H26F2N2O3. The molecule has 1 saturated heterocycles. The fourth-order valence-corrected chi connectivity index (χ4v) is 3.28. The van der Waals surface area contributed by atoms with E-state index < -0.39 is 6.61 Å². The van der Waals surface area contributed by atoms with Crippen LogP contribution in [0.15, 0.2) is 48.5 Å². The quantitative estimate of drug-likeness (QED) is 0.708. The molecule has 0 aromatic heterocycles. The van der Waals surface area contributed by atoms with Crippen LogP contribution in [0.5, 0.6) is 11.5 Å². The maximum Gasteiger partial charge on any atom is 0.387 e. The molecule has 7 heteroatoms. The lowest BCUT2D eigenvalue weighted by Gasteiger charge is -2.31. The fraction of sp³-hybridized carbons (Fsp3) is 0.429. The van der Waals surface area contributed by atoms with E-state index in [1.807, 2.05) is 24.3 Å². The van der Waals surface area contributed by atoms with Crippen LogP contribution in [0.25, 0.3) is 0 Å². The first kappa shape index (κ1) is 20.5. The van der Waals surface area contributed by atoms with Gasteiger partial charge in [0.05, 0.1) is 20.3 Å². The Kier molecular flexibility index (Phi) is 7.59. The highest BCUT2D eigenvalue weighted by Gasteiger charge is 2.18. The van der Waals surface area contributed by atoms with Gasteiger partial charge < -0.3 is 19.5 Å². The lowest BCUT2D eigenvalue weighted by Crippen LogP contribution is -2.41. The second-order valence-corrected chi connectivity index (χ2v) is 6.62. The minimum absolute atomic E-state index is 0.0428. The van der Waals surface area contributed by atoms with Gasteiger partial charge in [0, 0.05) is 32.2 Å². The molecular weight excluding hydrogens is 366 g/mol. The second-order valence-electron chi connectivity index (χ2n) is 6.62. The number of morpholine rings is 1. The number of hydrogen-bond acceptors (Lipinski definition) is 5. The van der Waals surface area contributed by atoms with Gasteiger partial charge in [-0.2, -0.15) is 8.78 Å². The largest absolute Gasteiger partial charge is 0.493 e. The highest BCUT2D eigenvalue weighted by molar-refractivity contribution is 5.43. The summed E-state index contributed by atoms with van der Waals surface area (Å²) in [4.78, 5) is 2.37. The number of ether oxygens (including phenoxy) is 3. The van der Waals surface area contributed by atoms with Gasteiger partial charge in [-0.1, -0.05) is 36.4 Å². The van der Waals surface area contributed by atoms with E-state index >= 15 is 0 Å². The number of benzene rings is 2. The molecule has 1 aliphatic heterocycles. The van der Waals surface area contributed by atoms with Crippen molar-refractivity contribution in [3.05, 3.63) is 59.7 Å². The van der Waals surface area contributed by atoms with Crippen molar-refractivity contribution < 1.29 is 23.0 Å². The number of alkyl halides is 2. The zero-order valence-electron chi connectivity index (χ0n) is 15.9. The Balaban J connectivity index is 1.70. The van der Waals surface area contributed by atoms with E-state index in [0.717, 1.165) is 38.4 Å². The van der Waals surface area contributed by atoms with Gasteiger partial charge in [0.1, 0.15) is 0 Å². The van der Waals surface area contributed by atoms with E-state index in [1.165, 1.54) is 12.7 Å². The van der Waals surface area contributed by atoms with Crippen LogP contribution >= 0.6 is 0 Å². The number of nitrogens with one attached hydrogen (secondary N) is 1. The summed E-state index contributed by atoms with van der Waals surface area (Å²) in [6.45, 7) is 1.77. The number of nitrogens with zero attached hydrogens (tertiary/aromatic N) is 1. The highest BCUT2D eigenvalue weighted by atomic mass is 19.3. The van der Waals surface area contributed by atoms with E-state index in [-0.39, 0.29) is 17.5 Å². The average molecular weight is 392 g/mol. The first-order valence-corrected chi connectivity index (χ1v) is 9.36. The Morgan fingerprint density at radius 3 is 2.50 bits per heavy atom. The minimum Gasteiger partial charge on any atom is -0.493 e. The van der Waals surface area contributed by atoms with Crippen LogP contribution in [0.2, 0.25) is 0 Å². The molecule has 0 bridgehead atoms. The van der Waals surface area contributed by atoms with E-state index in [0.29, 0.717) is 6.54 Å². The Hall–Kier alpha value is -2.22. The first-order valence-electron chi connectivity index (χ1n) is 9.36. The summed E-state index contributed by atoms with van der Waals surface area (Å²) < 4.78 is 40.4. The van der Waals surface area contributed by atoms with Gasteiger partial charge in [-0.25, -0.2) is 0 Å². The fourth-order valence-electron chi connectivity index (χ4n) is 3.28. The molecule has 0 saturated carbocycles. The molecule has 28 heavy (non-hydrogen) atoms. The monoisotopic (exact) mass is 392 g/mol. The van der Waals surface area contributed by atoms with Gasteiger partial charge in [0.2, 0.25) is 0 Å². The molecule has 0 aliphatic carbocycles. The third-order valence-electron chi connectivity index (χ3n) is 4.74. The lowest BCUT2D eigenvalue weighted by atomic mass is 10.1. The summed E-state index contributed by atoms with van der Waals surface area (Å²) in [5, 5.41) is 3.55. The molecule has 5 nitrogen and oxygen atoms in total. The third-order valence-corrected chi connectivity index (χ3v) is 4.74. The third kappa shape index (κ3) is 5.89. The van der Waals surface area contributed by atoms with Crippen molar-refractivity contribution in [1.29, 1.82) is 0 Å². The molecule has 3 rings (SSSR count). The summed E-state index contributed by atoms with van der Waals surface area (Å²) in [5.74, 6) is 0.332. The number of hydrogen-bond donors (Lipinski definition) is 1. The van der Waals surface area contributed by atoms with Crippen LogP contribution < -0.4 is 14.8 Å². The maximum atomic E-state index is 12.7. The molecule has 0 spiro atoms. The predicted molar refractivity (Wildman–Crippen MR) is 103 cm³/mol. The number of halogens is 2. The van der Waals surface area contributed by atoms with Crippen molar-refractivity contribution in [2.24, 2.45) is 0 Å². The average Bonchev–Trinajstić information content (AvgIpc) is 2.72. The molecule has 1 atom stereocenters. The normalized spacial score (nSPS) is 16.1. The summed E-state index contributed by atoms with van der Waals surface area (Å²) in [6, 6.07) is 15.4. The number of methoxy groups -OCH3 is 1. The first-order chi connectivity index (χ1) is 13.7. The molecule has 1 fully saturated rings. The van der Waals surface area contributed by atoms with Crippen LogP contribution in [-0.4, -0.2) is 51.5 Å². The number of rotatable bonds is 9. The molecule has 1 aliphatic rings. The van der Waals surface area contributed by atoms with Gasteiger partial charge in [0.25, 0.3) is 0 Å². The van der Waals surface area contributed by atoms with Gasteiger partial charge >= 0.3 is 6.61 Å². The molecule has 0 unspecified atom stereocenters. The maximum absolute atomic E-state index is 12.7. The van der Waals surface area contributed by atoms with Crippen molar-refractivity contribution in [1.82, 2.24) is 10.2 Å². The molecule has 2 aromatic carbocycles. The van der Waals surface area contributed by atoms with Gasteiger partial charge in [-0.3, -0.25) is 4.90 Å². The van der Waals surface area contributed by atoms with E-state index in [4.69, 9.17) is 9.47 Å². The van der Waals surface area contributed by atoms with Gasteiger partial charge in [-0.05, 0) is 23.3 Å². The Bertz CT molecular complexity index is 725. The Morgan fingerprint density at radius 1 is 1.07 bits per heavy atom. The molecule has 1 heterocycles. The van der Waals surface area contributed by atoms with E-state index in [2.05, 4.69) is 27.1 Å². The summed E-state index contributed by atoms with van der Waals surface area (Å²) in [7, 11) is 1.43. The zero-order valence-corrected chi connectivity index (χ0v) is 15.9. The van der Waals surface area contributed by atoms with Crippen molar-refractivity contribution in [3.63, 3.8) is 0 Å². The van der Waals surface area contributed by atoms with Crippen LogP contribution in [-0.2, 0) is 11.3 Å². The molecule has 2 aromatic rings. The van der Waals surface area contributed by atoms with Crippen LogP contribution in [0, 0.1) is 0 Å². The molecule has 0 radical (unpaired) electrons. The van der Waals surface area contributed by atoms with Crippen molar-refractivity contribution in [2.45, 2.75) is 19.2 Å². The second kappa shape index (κ2) is 10.4. The van der Waals surface area contributed by atoms with E-state index in [9.17, 15) is 8.78 Å². The topological polar surface area (TPSA) is 43.0 Å². The van der Waals surface area contributed by atoms with Crippen molar-refractivity contribution >= 4 is 0 Å². The van der Waals surface area contributed by atoms with E-state index in [1.54, 1.807) is 12.1 Å². The van der Waals surface area contributed by atoms with Crippen LogP contribution in [0.4, 0.5) is 8.78 Å². The van der Waals surface area contributed by atoms with Crippen molar-refractivity contribution in [2.75, 3.05) is 40.0 Å². The van der Waals surface area contributed by atoms with Gasteiger partial charge in [0.15, 0.2) is 11.5 Å². The standard InChI is InChI=1S/C21H26F2N2O3/c1-26-19-8-7-16(13-20(19)28-21(22)23)14-24-18(17-5-3-2-4-6-17)15-25-9-11-27-12-10-25/h2-8,13,18,21,24H,9-12,14-15H2,1H3/t18-/m1/s1. The SMILES string of the molecule is COc1ccc(CN[C@H](CN2CCOCC2)c2ccccc2)cc1OC(F)F. The van der Waals surface area contributed by atoms with Crippen LogP contribution in [0.3, 0.4) is 0 Å². The minimum atomic E-state index is -2.89. The summed E-state index contributed by atoms with van der Waals surface area (Å²) in [6.07, 6.45) is 0. The summed E-state index contributed by atoms with van der Waals surface area (Å²) >= 11 is 0. The van der Waals surface area contributed by atoms with Crippen LogP contribution in [0.1, 0.15) is 17.2 Å². The predicted octanol–water partition coefficient (Wildman–Crippen LogP) is 3.46. The smallest absolute Gasteiger partial charge is 0.387 e. The molecule has 1 N–H and O–H groups in total. The van der Waals surface area contributed by atoms with Gasteiger partial charge in [-0.15, -0.1) is 0 Å². The Morgan fingerprint density at radius 2 is 1.82 bits per heavy atom. The zero-order chi connectivity index (χ0) is 19.8. The highest BCUT2D eigenvalue weighted by Crippen LogP contribution is 2.29. The molecule has 152 valence electrons. The molecule has 0 amide bonds. The summed E-state index contributed by atoms with van der Waals surface area (Å²) in [5.41, 5.74) is 2.03.